The van der Waals surface area contributed by atoms with Crippen molar-refractivity contribution < 1.29 is 18.8 Å². The van der Waals surface area contributed by atoms with Crippen LogP contribution in [-0.4, -0.2) is 41.2 Å². The van der Waals surface area contributed by atoms with Crippen molar-refractivity contribution in [3.8, 4) is 0 Å². The van der Waals surface area contributed by atoms with Crippen LogP contribution in [0.2, 0.25) is 10.0 Å². The molecule has 0 saturated carbocycles. The molecule has 1 fully saturated rings. The second-order valence-corrected chi connectivity index (χ2v) is 7.24. The zero-order valence-electron chi connectivity index (χ0n) is 14.7. The Balaban J connectivity index is 1.76. The number of nitrogens with zero attached hydrogens (tertiary/aromatic N) is 2. The summed E-state index contributed by atoms with van der Waals surface area (Å²) in [4.78, 5) is 40.0. The van der Waals surface area contributed by atoms with E-state index in [1.807, 2.05) is 0 Å². The summed E-state index contributed by atoms with van der Waals surface area (Å²) in [5.41, 5.74) is -0.968. The number of hydrogen-bond acceptors (Lipinski definition) is 4. The quantitative estimate of drug-likeness (QED) is 0.769. The number of halogens is 2. The van der Waals surface area contributed by atoms with E-state index in [1.54, 1.807) is 38.2 Å². The number of amides is 4. The van der Waals surface area contributed by atoms with Crippen molar-refractivity contribution in [2.24, 2.45) is 0 Å². The minimum Gasteiger partial charge on any atom is -0.467 e. The maximum absolute atomic E-state index is 12.9. The van der Waals surface area contributed by atoms with Crippen LogP contribution in [0.3, 0.4) is 0 Å². The summed E-state index contributed by atoms with van der Waals surface area (Å²) in [6.45, 7) is 1.39. The Hall–Kier alpha value is -2.51. The molecule has 0 radical (unpaired) electrons. The van der Waals surface area contributed by atoms with Crippen LogP contribution in [0.5, 0.6) is 0 Å². The first-order chi connectivity index (χ1) is 12.7. The molecule has 1 aliphatic heterocycles. The topological polar surface area (TPSA) is 82.9 Å². The molecular formula is C18H17Cl2N3O4. The van der Waals surface area contributed by atoms with Crippen LogP contribution in [0, 0.1) is 0 Å². The Labute approximate surface area is 165 Å². The molecule has 9 heteroatoms. The van der Waals surface area contributed by atoms with Gasteiger partial charge in [-0.25, -0.2) is 4.79 Å². The fraction of sp³-hybridized carbons (Fsp3) is 0.278. The van der Waals surface area contributed by atoms with Gasteiger partial charge >= 0.3 is 6.03 Å². The standard InChI is InChI=1S/C18H17Cl2N3O4/c1-18(13-6-5-11(19)8-14(13)20)16(25)23(17(26)21-18)10-15(24)22(2)9-12-4-3-7-27-12/h3-8H,9-10H2,1-2H3,(H,21,26)/t18-/m0/s1. The van der Waals surface area contributed by atoms with Gasteiger partial charge in [-0.2, -0.15) is 0 Å². The number of likely N-dealkylation sites (N-methyl/N-ethyl adjacent to an activating group) is 1. The van der Waals surface area contributed by atoms with E-state index in [1.165, 1.54) is 17.2 Å². The molecule has 2 heterocycles. The second-order valence-electron chi connectivity index (χ2n) is 6.40. The molecule has 1 aromatic carbocycles. The molecule has 1 N–H and O–H groups in total. The van der Waals surface area contributed by atoms with Gasteiger partial charge in [0.15, 0.2) is 0 Å². The van der Waals surface area contributed by atoms with Crippen molar-refractivity contribution in [1.29, 1.82) is 0 Å². The Morgan fingerprint density at radius 2 is 2.04 bits per heavy atom. The number of imide groups is 1. The monoisotopic (exact) mass is 409 g/mol. The number of carbonyl (C=O) groups is 3. The number of rotatable bonds is 5. The smallest absolute Gasteiger partial charge is 0.325 e. The lowest BCUT2D eigenvalue weighted by molar-refractivity contribution is -0.138. The summed E-state index contributed by atoms with van der Waals surface area (Å²) < 4.78 is 5.20. The molecule has 0 aliphatic carbocycles. The molecule has 1 saturated heterocycles. The van der Waals surface area contributed by atoms with E-state index in [9.17, 15) is 14.4 Å². The maximum atomic E-state index is 12.9. The third-order valence-corrected chi connectivity index (χ3v) is 4.98. The Morgan fingerprint density at radius 3 is 2.67 bits per heavy atom. The molecule has 3 rings (SSSR count). The average molecular weight is 410 g/mol. The Kier molecular flexibility index (Phi) is 5.17. The normalized spacial score (nSPS) is 19.3. The van der Waals surface area contributed by atoms with E-state index < -0.39 is 23.4 Å². The number of nitrogens with one attached hydrogen (secondary N) is 1. The zero-order valence-corrected chi connectivity index (χ0v) is 16.2. The highest BCUT2D eigenvalue weighted by molar-refractivity contribution is 6.35. The maximum Gasteiger partial charge on any atom is 0.325 e. The highest BCUT2D eigenvalue weighted by Crippen LogP contribution is 2.34. The largest absolute Gasteiger partial charge is 0.467 e. The number of urea groups is 1. The van der Waals surface area contributed by atoms with Crippen LogP contribution in [0.15, 0.2) is 41.0 Å². The number of furan rings is 1. The van der Waals surface area contributed by atoms with E-state index in [0.29, 0.717) is 16.3 Å². The summed E-state index contributed by atoms with van der Waals surface area (Å²) in [5, 5.41) is 3.28. The van der Waals surface area contributed by atoms with Crippen LogP contribution >= 0.6 is 23.2 Å². The molecule has 0 unspecified atom stereocenters. The Bertz CT molecular complexity index is 900. The molecule has 0 spiro atoms. The van der Waals surface area contributed by atoms with Gasteiger partial charge in [0.2, 0.25) is 5.91 Å². The molecule has 1 atom stereocenters. The van der Waals surface area contributed by atoms with Crippen molar-refractivity contribution in [2.75, 3.05) is 13.6 Å². The first kappa shape index (κ1) is 19.3. The van der Waals surface area contributed by atoms with E-state index in [-0.39, 0.29) is 18.1 Å². The van der Waals surface area contributed by atoms with Gasteiger partial charge in [-0.3, -0.25) is 14.5 Å². The molecule has 1 aliphatic rings. The van der Waals surface area contributed by atoms with Crippen LogP contribution in [0.1, 0.15) is 18.2 Å². The summed E-state index contributed by atoms with van der Waals surface area (Å²) in [6.07, 6.45) is 1.51. The van der Waals surface area contributed by atoms with E-state index in [4.69, 9.17) is 27.6 Å². The third-order valence-electron chi connectivity index (χ3n) is 4.44. The SMILES string of the molecule is CN(Cc1ccco1)C(=O)CN1C(=O)N[C@@](C)(c2ccc(Cl)cc2Cl)C1=O. The van der Waals surface area contributed by atoms with E-state index in [2.05, 4.69) is 5.32 Å². The molecule has 142 valence electrons. The van der Waals surface area contributed by atoms with Gasteiger partial charge in [-0.15, -0.1) is 0 Å². The first-order valence-corrected chi connectivity index (χ1v) is 8.84. The minimum absolute atomic E-state index is 0.232. The van der Waals surface area contributed by atoms with Gasteiger partial charge < -0.3 is 14.6 Å². The Morgan fingerprint density at radius 1 is 1.30 bits per heavy atom. The van der Waals surface area contributed by atoms with Gasteiger partial charge in [0.05, 0.1) is 12.8 Å². The third kappa shape index (κ3) is 3.65. The van der Waals surface area contributed by atoms with Crippen molar-refractivity contribution >= 4 is 41.0 Å². The summed E-state index contributed by atoms with van der Waals surface area (Å²) in [6, 6.07) is 7.45. The summed E-state index contributed by atoms with van der Waals surface area (Å²) in [7, 11) is 1.57. The molecule has 7 nitrogen and oxygen atoms in total. The molecule has 0 bridgehead atoms. The lowest BCUT2D eigenvalue weighted by atomic mass is 9.92. The summed E-state index contributed by atoms with van der Waals surface area (Å²) >= 11 is 12.1. The highest BCUT2D eigenvalue weighted by Gasteiger charge is 2.50. The van der Waals surface area contributed by atoms with Gasteiger partial charge in [-0.05, 0) is 31.2 Å². The zero-order chi connectivity index (χ0) is 19.8. The van der Waals surface area contributed by atoms with Crippen LogP contribution in [-0.2, 0) is 21.7 Å². The van der Waals surface area contributed by atoms with Crippen molar-refractivity contribution in [3.63, 3.8) is 0 Å². The molecule has 4 amide bonds. The fourth-order valence-corrected chi connectivity index (χ4v) is 3.50. The van der Waals surface area contributed by atoms with Crippen LogP contribution in [0.4, 0.5) is 4.79 Å². The van der Waals surface area contributed by atoms with Gasteiger partial charge in [-0.1, -0.05) is 29.3 Å². The second kappa shape index (κ2) is 7.25. The number of carbonyl (C=O) groups excluding carboxylic acids is 3. The predicted molar refractivity (Wildman–Crippen MR) is 99.2 cm³/mol. The highest BCUT2D eigenvalue weighted by atomic mass is 35.5. The van der Waals surface area contributed by atoms with Crippen molar-refractivity contribution in [2.45, 2.75) is 19.0 Å². The average Bonchev–Trinajstić information content (AvgIpc) is 3.17. The predicted octanol–water partition coefficient (Wildman–Crippen LogP) is 3.01. The summed E-state index contributed by atoms with van der Waals surface area (Å²) in [5.74, 6) is -0.362. The first-order valence-electron chi connectivity index (χ1n) is 8.08. The lowest BCUT2D eigenvalue weighted by Crippen LogP contribution is -2.43. The fourth-order valence-electron chi connectivity index (χ4n) is 2.90. The van der Waals surface area contributed by atoms with Crippen molar-refractivity contribution in [1.82, 2.24) is 15.1 Å². The number of benzene rings is 1. The van der Waals surface area contributed by atoms with Gasteiger partial charge in [0.1, 0.15) is 17.8 Å². The van der Waals surface area contributed by atoms with E-state index in [0.717, 1.165) is 4.90 Å². The van der Waals surface area contributed by atoms with E-state index >= 15 is 0 Å². The number of hydrogen-bond donors (Lipinski definition) is 1. The molecular weight excluding hydrogens is 393 g/mol. The van der Waals surface area contributed by atoms with Crippen LogP contribution in [0.25, 0.3) is 0 Å². The van der Waals surface area contributed by atoms with Gasteiger partial charge in [0, 0.05) is 22.7 Å². The van der Waals surface area contributed by atoms with Gasteiger partial charge in [0.25, 0.3) is 5.91 Å². The molecule has 27 heavy (non-hydrogen) atoms. The molecule has 1 aromatic heterocycles. The lowest BCUT2D eigenvalue weighted by Gasteiger charge is -2.24. The minimum atomic E-state index is -1.38. The molecule has 2 aromatic rings. The van der Waals surface area contributed by atoms with Crippen LogP contribution < -0.4 is 5.32 Å². The van der Waals surface area contributed by atoms with Crippen molar-refractivity contribution in [3.05, 3.63) is 58.0 Å².